The Bertz CT molecular complexity index is 968. The maximum Gasteiger partial charge on any atom is 0.361 e. The van der Waals surface area contributed by atoms with E-state index < -0.39 is 7.60 Å². The molecule has 0 heterocycles. The first-order valence-electron chi connectivity index (χ1n) is 8.72. The van der Waals surface area contributed by atoms with Crippen molar-refractivity contribution in [1.29, 1.82) is 0 Å². The van der Waals surface area contributed by atoms with E-state index in [-0.39, 0.29) is 0 Å². The van der Waals surface area contributed by atoms with Gasteiger partial charge in [0.1, 0.15) is 0 Å². The summed E-state index contributed by atoms with van der Waals surface area (Å²) in [7, 11) is -0.580. The fourth-order valence-corrected chi connectivity index (χ4v) is 4.17. The molecule has 0 saturated heterocycles. The average molecular weight is 378 g/mol. The molecule has 0 unspecified atom stereocenters. The summed E-state index contributed by atoms with van der Waals surface area (Å²) in [5.41, 5.74) is 5.09. The molecule has 0 aliphatic heterocycles. The molecule has 0 aromatic heterocycles. The fourth-order valence-electron chi connectivity index (χ4n) is 2.87. The number of rotatable bonds is 6. The van der Waals surface area contributed by atoms with Gasteiger partial charge in [0.05, 0.1) is 5.30 Å². The Labute approximate surface area is 160 Å². The number of hydrogen-bond acceptors (Lipinski definition) is 3. The van der Waals surface area contributed by atoms with Gasteiger partial charge in [0, 0.05) is 14.2 Å². The maximum absolute atomic E-state index is 13.1. The van der Waals surface area contributed by atoms with Crippen molar-refractivity contribution < 1.29 is 13.6 Å². The molecule has 0 atom stereocenters. The van der Waals surface area contributed by atoms with Gasteiger partial charge in [-0.05, 0) is 35.2 Å². The normalized spacial score (nSPS) is 11.8. The highest BCUT2D eigenvalue weighted by Crippen LogP contribution is 2.47. The smallest absolute Gasteiger partial charge is 0.309 e. The summed E-state index contributed by atoms with van der Waals surface area (Å²) in [6.07, 6.45) is 3.92. The number of aryl methyl sites for hydroxylation is 1. The minimum atomic E-state index is -3.40. The summed E-state index contributed by atoms with van der Waals surface area (Å²) in [5.74, 6) is 0. The van der Waals surface area contributed by atoms with E-state index in [1.807, 2.05) is 60.7 Å². The maximum atomic E-state index is 13.1. The van der Waals surface area contributed by atoms with E-state index in [1.165, 1.54) is 19.8 Å². The molecule has 0 aliphatic carbocycles. The molecule has 0 spiro atoms. The van der Waals surface area contributed by atoms with Crippen molar-refractivity contribution in [3.63, 3.8) is 0 Å². The molecule has 3 aromatic rings. The molecule has 3 rings (SSSR count). The Kier molecular flexibility index (Phi) is 6.08. The van der Waals surface area contributed by atoms with Crippen LogP contribution in [0.2, 0.25) is 0 Å². The molecule has 138 valence electrons. The molecule has 0 bridgehead atoms. The van der Waals surface area contributed by atoms with Gasteiger partial charge in [-0.2, -0.15) is 0 Å². The minimum absolute atomic E-state index is 0.553. The van der Waals surface area contributed by atoms with Crippen molar-refractivity contribution in [2.24, 2.45) is 0 Å². The Morgan fingerprint density at radius 3 is 2.04 bits per heavy atom. The van der Waals surface area contributed by atoms with Crippen LogP contribution in [-0.4, -0.2) is 14.2 Å². The largest absolute Gasteiger partial charge is 0.361 e. The van der Waals surface area contributed by atoms with Crippen LogP contribution >= 0.6 is 7.60 Å². The zero-order valence-electron chi connectivity index (χ0n) is 15.8. The van der Waals surface area contributed by atoms with E-state index >= 15 is 0 Å². The summed E-state index contributed by atoms with van der Waals surface area (Å²) in [4.78, 5) is 0. The summed E-state index contributed by atoms with van der Waals surface area (Å²) >= 11 is 0. The van der Waals surface area contributed by atoms with Crippen molar-refractivity contribution in [2.45, 2.75) is 6.92 Å². The Balaban J connectivity index is 2.08. The first-order chi connectivity index (χ1) is 13.1. The van der Waals surface area contributed by atoms with Crippen molar-refractivity contribution >= 4 is 25.1 Å². The van der Waals surface area contributed by atoms with Crippen LogP contribution in [0.5, 0.6) is 0 Å². The topological polar surface area (TPSA) is 35.5 Å². The third kappa shape index (κ3) is 4.45. The van der Waals surface area contributed by atoms with Crippen molar-refractivity contribution in [2.75, 3.05) is 14.2 Å². The molecule has 0 N–H and O–H groups in total. The van der Waals surface area contributed by atoms with Gasteiger partial charge < -0.3 is 9.05 Å². The molecule has 0 aliphatic rings. The fraction of sp³-hybridized carbons (Fsp3) is 0.130. The molecule has 3 nitrogen and oxygen atoms in total. The van der Waals surface area contributed by atoms with Crippen LogP contribution in [0.4, 0.5) is 0 Å². The van der Waals surface area contributed by atoms with E-state index in [0.717, 1.165) is 22.3 Å². The van der Waals surface area contributed by atoms with E-state index in [1.54, 1.807) is 0 Å². The number of hydrogen-bond donors (Lipinski definition) is 0. The third-order valence-electron chi connectivity index (χ3n) is 4.45. The van der Waals surface area contributed by atoms with E-state index in [0.29, 0.717) is 5.30 Å². The van der Waals surface area contributed by atoms with Gasteiger partial charge in [-0.3, -0.25) is 4.57 Å². The van der Waals surface area contributed by atoms with Gasteiger partial charge in [0.2, 0.25) is 0 Å². The lowest BCUT2D eigenvalue weighted by molar-refractivity contribution is 0.287. The van der Waals surface area contributed by atoms with Crippen LogP contribution in [-0.2, 0) is 13.6 Å². The van der Waals surface area contributed by atoms with Gasteiger partial charge in [0.15, 0.2) is 0 Å². The second-order valence-electron chi connectivity index (χ2n) is 6.25. The zero-order valence-corrected chi connectivity index (χ0v) is 16.6. The van der Waals surface area contributed by atoms with E-state index in [9.17, 15) is 4.57 Å². The predicted octanol–water partition coefficient (Wildman–Crippen LogP) is 5.94. The Hall–Kier alpha value is -2.45. The van der Waals surface area contributed by atoms with Crippen molar-refractivity contribution in [3.8, 4) is 11.1 Å². The quantitative estimate of drug-likeness (QED) is 0.393. The summed E-state index contributed by atoms with van der Waals surface area (Å²) in [6.45, 7) is 2.05. The van der Waals surface area contributed by atoms with Gasteiger partial charge in [-0.15, -0.1) is 0 Å². The van der Waals surface area contributed by atoms with Crippen LogP contribution in [0.3, 0.4) is 0 Å². The lowest BCUT2D eigenvalue weighted by atomic mass is 10.0. The van der Waals surface area contributed by atoms with Gasteiger partial charge in [-0.1, -0.05) is 84.4 Å². The summed E-state index contributed by atoms with van der Waals surface area (Å²) in [6, 6.07) is 24.1. The van der Waals surface area contributed by atoms with E-state index in [2.05, 4.69) is 31.2 Å². The molecule has 3 aromatic carbocycles. The van der Waals surface area contributed by atoms with Crippen LogP contribution < -0.4 is 5.30 Å². The molecular formula is C23H23O3P. The Morgan fingerprint density at radius 1 is 0.778 bits per heavy atom. The van der Waals surface area contributed by atoms with Crippen LogP contribution in [0, 0.1) is 6.92 Å². The first-order valence-corrected chi connectivity index (χ1v) is 10.3. The van der Waals surface area contributed by atoms with Crippen molar-refractivity contribution in [3.05, 3.63) is 89.5 Å². The average Bonchev–Trinajstić information content (AvgIpc) is 2.73. The molecule has 0 saturated carbocycles. The highest BCUT2D eigenvalue weighted by atomic mass is 31.2. The van der Waals surface area contributed by atoms with Gasteiger partial charge >= 0.3 is 7.60 Å². The molecule has 0 amide bonds. The first kappa shape index (κ1) is 19.3. The highest BCUT2D eigenvalue weighted by Gasteiger charge is 2.27. The molecular weight excluding hydrogens is 355 g/mol. The Morgan fingerprint density at radius 2 is 1.41 bits per heavy atom. The molecule has 0 radical (unpaired) electrons. The third-order valence-corrected chi connectivity index (χ3v) is 6.38. The molecule has 27 heavy (non-hydrogen) atoms. The van der Waals surface area contributed by atoms with Crippen LogP contribution in [0.15, 0.2) is 72.8 Å². The monoisotopic (exact) mass is 378 g/mol. The predicted molar refractivity (Wildman–Crippen MR) is 113 cm³/mol. The van der Waals surface area contributed by atoms with Gasteiger partial charge in [-0.25, -0.2) is 0 Å². The van der Waals surface area contributed by atoms with Gasteiger partial charge in [0.25, 0.3) is 0 Å². The molecule has 0 fully saturated rings. The SMILES string of the molecule is COP(=O)(OC)c1cc(-c2ccc(C)cc2)ccc1C=Cc1ccccc1. The lowest BCUT2D eigenvalue weighted by Gasteiger charge is -2.17. The minimum Gasteiger partial charge on any atom is -0.309 e. The zero-order chi connectivity index (χ0) is 19.3. The van der Waals surface area contributed by atoms with Crippen LogP contribution in [0.25, 0.3) is 23.3 Å². The number of benzene rings is 3. The summed E-state index contributed by atoms with van der Waals surface area (Å²) in [5, 5.41) is 0.553. The van der Waals surface area contributed by atoms with E-state index in [4.69, 9.17) is 9.05 Å². The second kappa shape index (κ2) is 8.49. The standard InChI is InChI=1S/C23H23O3P/c1-18-9-12-20(13-10-18)22-16-15-21(14-11-19-7-5-4-6-8-19)23(17-22)27(24,25-2)26-3/h4-17H,1-3H3. The second-order valence-corrected chi connectivity index (χ2v) is 8.45. The highest BCUT2D eigenvalue weighted by molar-refractivity contribution is 7.62. The van der Waals surface area contributed by atoms with Crippen molar-refractivity contribution in [1.82, 2.24) is 0 Å². The molecule has 4 heteroatoms. The lowest BCUT2D eigenvalue weighted by Crippen LogP contribution is -2.12. The summed E-state index contributed by atoms with van der Waals surface area (Å²) < 4.78 is 23.7. The van der Waals surface area contributed by atoms with Crippen LogP contribution in [0.1, 0.15) is 16.7 Å².